The molecule has 0 aliphatic heterocycles. The average molecular weight is 174 g/mol. The van der Waals surface area contributed by atoms with E-state index in [1.54, 1.807) is 13.2 Å². The largest absolute Gasteiger partial charge is 0.497 e. The van der Waals surface area contributed by atoms with Gasteiger partial charge in [0.1, 0.15) is 11.4 Å². The number of hydrogen-bond acceptors (Lipinski definition) is 3. The van der Waals surface area contributed by atoms with Crippen molar-refractivity contribution in [1.82, 2.24) is 5.16 Å². The molecule has 0 atom stereocenters. The molecule has 1 radical (unpaired) electrons. The molecule has 3 nitrogen and oxygen atoms in total. The Balaban J connectivity index is 2.41. The van der Waals surface area contributed by atoms with Gasteiger partial charge in [-0.05, 0) is 12.1 Å². The summed E-state index contributed by atoms with van der Waals surface area (Å²) in [4.78, 5) is 0. The molecule has 0 aliphatic rings. The van der Waals surface area contributed by atoms with E-state index in [4.69, 9.17) is 4.74 Å². The molecular weight excluding hydrogens is 166 g/mol. The van der Waals surface area contributed by atoms with E-state index in [9.17, 15) is 0 Å². The molecule has 13 heavy (non-hydrogen) atoms. The summed E-state index contributed by atoms with van der Waals surface area (Å²) in [6, 6.07) is 9.31. The number of ether oxygens (including phenoxy) is 1. The monoisotopic (exact) mass is 174 g/mol. The Labute approximate surface area is 75.9 Å². The quantitative estimate of drug-likeness (QED) is 0.699. The fourth-order valence-corrected chi connectivity index (χ4v) is 1.10. The van der Waals surface area contributed by atoms with E-state index in [0.29, 0.717) is 0 Å². The summed E-state index contributed by atoms with van der Waals surface area (Å²) < 4.78 is 9.71. The van der Waals surface area contributed by atoms with Gasteiger partial charge in [0.25, 0.3) is 0 Å². The van der Waals surface area contributed by atoms with Crippen molar-refractivity contribution in [3.05, 3.63) is 36.6 Å². The van der Waals surface area contributed by atoms with Gasteiger partial charge in [-0.3, -0.25) is 0 Å². The van der Waals surface area contributed by atoms with Gasteiger partial charge in [-0.2, -0.15) is 0 Å². The third kappa shape index (κ3) is 1.54. The molecule has 0 spiro atoms. The summed E-state index contributed by atoms with van der Waals surface area (Å²) in [6.45, 7) is 0. The summed E-state index contributed by atoms with van der Waals surface area (Å²) >= 11 is 0. The minimum atomic E-state index is 0.763. The third-order valence-electron chi connectivity index (χ3n) is 1.76. The molecule has 65 valence electrons. The molecule has 0 saturated carbocycles. The van der Waals surface area contributed by atoms with Gasteiger partial charge in [0.2, 0.25) is 6.26 Å². The molecule has 1 heterocycles. The first-order valence-corrected chi connectivity index (χ1v) is 3.87. The van der Waals surface area contributed by atoms with E-state index in [2.05, 4.69) is 15.9 Å². The zero-order chi connectivity index (χ0) is 9.10. The zero-order valence-electron chi connectivity index (χ0n) is 7.15. The fourth-order valence-electron chi connectivity index (χ4n) is 1.10. The number of aromatic nitrogens is 1. The molecule has 0 N–H and O–H groups in total. The van der Waals surface area contributed by atoms with E-state index in [0.717, 1.165) is 17.0 Å². The van der Waals surface area contributed by atoms with Gasteiger partial charge in [0.05, 0.1) is 7.11 Å². The van der Waals surface area contributed by atoms with Crippen molar-refractivity contribution < 1.29 is 9.26 Å². The average Bonchev–Trinajstić information content (AvgIpc) is 2.71. The summed E-state index contributed by atoms with van der Waals surface area (Å²) in [5, 5.41) is 3.78. The topological polar surface area (TPSA) is 35.3 Å². The van der Waals surface area contributed by atoms with Crippen molar-refractivity contribution in [1.29, 1.82) is 0 Å². The van der Waals surface area contributed by atoms with Crippen LogP contribution in [0.4, 0.5) is 0 Å². The molecule has 1 aromatic heterocycles. The van der Waals surface area contributed by atoms with Crippen LogP contribution in [0.2, 0.25) is 0 Å². The van der Waals surface area contributed by atoms with Crippen LogP contribution in [0.5, 0.6) is 5.75 Å². The first-order valence-electron chi connectivity index (χ1n) is 3.87. The van der Waals surface area contributed by atoms with Crippen LogP contribution in [0.25, 0.3) is 11.3 Å². The van der Waals surface area contributed by atoms with Crippen LogP contribution in [-0.4, -0.2) is 12.3 Å². The van der Waals surface area contributed by atoms with Crippen LogP contribution in [-0.2, 0) is 0 Å². The maximum atomic E-state index is 5.08. The lowest BCUT2D eigenvalue weighted by molar-refractivity contribution is 0.413. The van der Waals surface area contributed by atoms with E-state index >= 15 is 0 Å². The van der Waals surface area contributed by atoms with Crippen molar-refractivity contribution in [2.45, 2.75) is 0 Å². The first kappa shape index (κ1) is 7.86. The lowest BCUT2D eigenvalue weighted by Gasteiger charge is -2.00. The summed E-state index contributed by atoms with van der Waals surface area (Å²) in [5.41, 5.74) is 1.73. The van der Waals surface area contributed by atoms with Crippen molar-refractivity contribution >= 4 is 0 Å². The predicted molar refractivity (Wildman–Crippen MR) is 47.3 cm³/mol. The molecule has 2 aromatic rings. The Morgan fingerprint density at radius 2 is 2.38 bits per heavy atom. The third-order valence-corrected chi connectivity index (χ3v) is 1.76. The van der Waals surface area contributed by atoms with Crippen molar-refractivity contribution in [3.63, 3.8) is 0 Å². The fraction of sp³-hybridized carbons (Fsp3) is 0.100. The number of methoxy groups -OCH3 is 1. The van der Waals surface area contributed by atoms with Gasteiger partial charge < -0.3 is 9.26 Å². The van der Waals surface area contributed by atoms with Gasteiger partial charge in [-0.1, -0.05) is 17.3 Å². The summed E-state index contributed by atoms with van der Waals surface area (Å²) in [5.74, 6) is 0.806. The first-order chi connectivity index (χ1) is 6.40. The number of hydrogen-bond donors (Lipinski definition) is 0. The molecule has 1 aromatic carbocycles. The maximum absolute atomic E-state index is 5.08. The molecule has 3 heteroatoms. The minimum Gasteiger partial charge on any atom is -0.497 e. The molecular formula is C10H8NO2. The van der Waals surface area contributed by atoms with Gasteiger partial charge >= 0.3 is 0 Å². The highest BCUT2D eigenvalue weighted by Gasteiger charge is 2.01. The number of rotatable bonds is 2. The van der Waals surface area contributed by atoms with Gasteiger partial charge in [-0.15, -0.1) is 0 Å². The second kappa shape index (κ2) is 3.31. The van der Waals surface area contributed by atoms with Gasteiger partial charge in [0, 0.05) is 11.6 Å². The van der Waals surface area contributed by atoms with Crippen molar-refractivity contribution in [2.24, 2.45) is 0 Å². The molecule has 2 rings (SSSR count). The van der Waals surface area contributed by atoms with Crippen LogP contribution in [0.3, 0.4) is 0 Å². The molecule has 0 fully saturated rings. The number of nitrogens with zero attached hydrogens (tertiary/aromatic N) is 1. The summed E-state index contributed by atoms with van der Waals surface area (Å²) in [6.07, 6.45) is 2.54. The predicted octanol–water partition coefficient (Wildman–Crippen LogP) is 2.15. The Bertz CT molecular complexity index is 382. The Morgan fingerprint density at radius 3 is 3.08 bits per heavy atom. The molecule has 0 amide bonds. The van der Waals surface area contributed by atoms with Crippen molar-refractivity contribution in [3.8, 4) is 17.0 Å². The Morgan fingerprint density at radius 1 is 1.46 bits per heavy atom. The zero-order valence-corrected chi connectivity index (χ0v) is 7.15. The SMILES string of the molecule is COc1cccc(-c2c[c]on2)c1. The van der Waals surface area contributed by atoms with Crippen LogP contribution >= 0.6 is 0 Å². The van der Waals surface area contributed by atoms with Gasteiger partial charge in [-0.25, -0.2) is 0 Å². The minimum absolute atomic E-state index is 0.763. The van der Waals surface area contributed by atoms with Crippen LogP contribution in [0, 0.1) is 6.26 Å². The second-order valence-corrected chi connectivity index (χ2v) is 2.56. The Hall–Kier alpha value is -1.77. The van der Waals surface area contributed by atoms with E-state index in [1.807, 2.05) is 24.3 Å². The number of benzene rings is 1. The van der Waals surface area contributed by atoms with Crippen LogP contribution in [0.15, 0.2) is 34.9 Å². The maximum Gasteiger partial charge on any atom is 0.205 e. The lowest BCUT2D eigenvalue weighted by Crippen LogP contribution is -1.83. The highest BCUT2D eigenvalue weighted by molar-refractivity contribution is 5.59. The highest BCUT2D eigenvalue weighted by atomic mass is 16.5. The van der Waals surface area contributed by atoms with Crippen molar-refractivity contribution in [2.75, 3.05) is 7.11 Å². The highest BCUT2D eigenvalue weighted by Crippen LogP contribution is 2.21. The Kier molecular flexibility index (Phi) is 2.00. The molecule has 0 bridgehead atoms. The normalized spacial score (nSPS) is 9.92. The standard InChI is InChI=1S/C10H8NO2/c1-12-9-4-2-3-8(7-9)10-5-6-13-11-10/h2-5,7H,1H3. The molecule has 0 aliphatic carbocycles. The van der Waals surface area contributed by atoms with E-state index < -0.39 is 0 Å². The van der Waals surface area contributed by atoms with E-state index in [-0.39, 0.29) is 0 Å². The molecule has 0 unspecified atom stereocenters. The second-order valence-electron chi connectivity index (χ2n) is 2.56. The van der Waals surface area contributed by atoms with Gasteiger partial charge in [0.15, 0.2) is 0 Å². The van der Waals surface area contributed by atoms with Crippen LogP contribution in [0.1, 0.15) is 0 Å². The lowest BCUT2D eigenvalue weighted by atomic mass is 10.1. The van der Waals surface area contributed by atoms with Crippen LogP contribution < -0.4 is 4.74 Å². The molecule has 0 saturated heterocycles. The smallest absolute Gasteiger partial charge is 0.205 e. The van der Waals surface area contributed by atoms with E-state index in [1.165, 1.54) is 0 Å². The summed E-state index contributed by atoms with van der Waals surface area (Å²) in [7, 11) is 1.63.